The fraction of sp³-hybridized carbons (Fsp3) is 0.519. The summed E-state index contributed by atoms with van der Waals surface area (Å²) in [5.74, 6) is -2.14. The molecular weight excluding hydrogens is 513 g/mol. The van der Waals surface area contributed by atoms with Gasteiger partial charge in [-0.3, -0.25) is 4.79 Å². The summed E-state index contributed by atoms with van der Waals surface area (Å²) >= 11 is 0. The Kier molecular flexibility index (Phi) is 8.95. The van der Waals surface area contributed by atoms with Crippen LogP contribution >= 0.6 is 0 Å². The van der Waals surface area contributed by atoms with Gasteiger partial charge in [-0.05, 0) is 51.1 Å². The number of carbonyl (C=O) groups is 1. The summed E-state index contributed by atoms with van der Waals surface area (Å²) in [6.07, 6.45) is 4.11. The quantitative estimate of drug-likeness (QED) is 0.468. The minimum absolute atomic E-state index is 0.0844. The molecule has 1 N–H and O–H groups in total. The van der Waals surface area contributed by atoms with E-state index in [0.29, 0.717) is 29.9 Å². The van der Waals surface area contributed by atoms with Crippen LogP contribution in [-0.2, 0) is 30.8 Å². The largest absolute Gasteiger partial charge is 0.481 e. The first-order chi connectivity index (χ1) is 17.6. The molecule has 0 amide bonds. The van der Waals surface area contributed by atoms with Crippen molar-refractivity contribution in [1.82, 2.24) is 4.98 Å². The Labute approximate surface area is 224 Å². The van der Waals surface area contributed by atoms with Gasteiger partial charge in [0.05, 0.1) is 44.0 Å². The highest BCUT2D eigenvalue weighted by Crippen LogP contribution is 2.33. The Morgan fingerprint density at radius 3 is 2.45 bits per heavy atom. The lowest BCUT2D eigenvalue weighted by molar-refractivity contribution is -0.672. The summed E-state index contributed by atoms with van der Waals surface area (Å²) in [5.41, 5.74) is 2.77. The average molecular weight is 551 g/mol. The molecule has 1 fully saturated rings. The van der Waals surface area contributed by atoms with E-state index in [9.17, 15) is 22.7 Å². The Morgan fingerprint density at radius 2 is 1.92 bits per heavy atom. The summed E-state index contributed by atoms with van der Waals surface area (Å²) in [7, 11) is -2.16. The second-order valence-corrected chi connectivity index (χ2v) is 12.2. The number of halogens is 1. The molecular formula is C27H37FN3O6S+. The zero-order valence-corrected chi connectivity index (χ0v) is 23.8. The lowest BCUT2D eigenvalue weighted by Gasteiger charge is -2.39. The van der Waals surface area contributed by atoms with Crippen molar-refractivity contribution >= 4 is 28.0 Å². The van der Waals surface area contributed by atoms with Gasteiger partial charge in [0.15, 0.2) is 5.79 Å². The van der Waals surface area contributed by atoms with Crippen LogP contribution in [0.5, 0.6) is 0 Å². The Morgan fingerprint density at radius 1 is 1.29 bits per heavy atom. The van der Waals surface area contributed by atoms with Crippen molar-refractivity contribution in [1.29, 1.82) is 0 Å². The predicted octanol–water partition coefficient (Wildman–Crippen LogP) is 4.11. The van der Waals surface area contributed by atoms with Gasteiger partial charge >= 0.3 is 11.9 Å². The molecule has 3 rings (SSSR count). The second-order valence-electron chi connectivity index (χ2n) is 10.2. The van der Waals surface area contributed by atoms with Crippen molar-refractivity contribution in [3.05, 3.63) is 47.4 Å². The lowest BCUT2D eigenvalue weighted by Crippen LogP contribution is -2.46. The van der Waals surface area contributed by atoms with Crippen molar-refractivity contribution in [2.45, 2.75) is 77.9 Å². The SMILES string of the molecule is CC[n+]1c(N(C)S(C)(=O)=O)nc(C(C)C)c(/C=C/[C@@H]2C[C@H](CC(=O)O)OC(C)(C)O2)c1-c1ccc(F)cc1. The number of aliphatic carboxylic acids is 1. The molecule has 0 radical (unpaired) electrons. The Bertz CT molecular complexity index is 1310. The number of carboxylic acids is 1. The number of benzene rings is 1. The Hall–Kier alpha value is -2.89. The third kappa shape index (κ3) is 6.95. The molecule has 0 bridgehead atoms. The Balaban J connectivity index is 2.24. The van der Waals surface area contributed by atoms with Crippen molar-refractivity contribution in [3.8, 4) is 11.3 Å². The highest BCUT2D eigenvalue weighted by atomic mass is 32.2. The number of rotatable bonds is 9. The molecule has 1 aliphatic rings. The van der Waals surface area contributed by atoms with Gasteiger partial charge in [-0.25, -0.2) is 8.96 Å². The fourth-order valence-corrected chi connectivity index (χ4v) is 5.03. The van der Waals surface area contributed by atoms with Crippen LogP contribution in [0.15, 0.2) is 30.3 Å². The molecule has 1 aromatic carbocycles. The van der Waals surface area contributed by atoms with Gasteiger partial charge in [-0.2, -0.15) is 12.7 Å². The van der Waals surface area contributed by atoms with E-state index in [-0.39, 0.29) is 24.1 Å². The molecule has 1 saturated heterocycles. The summed E-state index contributed by atoms with van der Waals surface area (Å²) in [6.45, 7) is 9.70. The minimum Gasteiger partial charge on any atom is -0.481 e. The number of anilines is 1. The van der Waals surface area contributed by atoms with Crippen LogP contribution < -0.4 is 8.87 Å². The van der Waals surface area contributed by atoms with E-state index in [2.05, 4.69) is 0 Å². The normalized spacial score (nSPS) is 19.7. The zero-order valence-electron chi connectivity index (χ0n) is 22.9. The smallest absolute Gasteiger partial charge is 0.409 e. The molecule has 38 heavy (non-hydrogen) atoms. The van der Waals surface area contributed by atoms with Gasteiger partial charge < -0.3 is 14.6 Å². The molecule has 0 unspecified atom stereocenters. The van der Waals surface area contributed by atoms with Crippen LogP contribution in [0.2, 0.25) is 0 Å². The van der Waals surface area contributed by atoms with Gasteiger partial charge in [0, 0.05) is 17.9 Å². The van der Waals surface area contributed by atoms with Crippen LogP contribution in [0.4, 0.5) is 10.3 Å². The third-order valence-electron chi connectivity index (χ3n) is 6.28. The lowest BCUT2D eigenvalue weighted by atomic mass is 9.96. The first-order valence-corrected chi connectivity index (χ1v) is 14.4. The molecule has 2 heterocycles. The van der Waals surface area contributed by atoms with Gasteiger partial charge in [0.2, 0.25) is 0 Å². The van der Waals surface area contributed by atoms with E-state index in [4.69, 9.17) is 14.5 Å². The third-order valence-corrected chi connectivity index (χ3v) is 7.44. The first-order valence-electron chi connectivity index (χ1n) is 12.6. The number of sulfonamides is 1. The number of hydrogen-bond acceptors (Lipinski definition) is 6. The summed E-state index contributed by atoms with van der Waals surface area (Å²) < 4.78 is 53.6. The number of carboxylic acid groups (broad SMARTS) is 1. The van der Waals surface area contributed by atoms with Crippen molar-refractivity contribution in [3.63, 3.8) is 0 Å². The zero-order chi connectivity index (χ0) is 28.4. The average Bonchev–Trinajstić information content (AvgIpc) is 2.79. The van der Waals surface area contributed by atoms with Crippen LogP contribution in [0.25, 0.3) is 17.3 Å². The van der Waals surface area contributed by atoms with E-state index in [1.165, 1.54) is 19.2 Å². The van der Waals surface area contributed by atoms with Crippen molar-refractivity contribution < 1.29 is 36.8 Å². The number of nitrogens with zero attached hydrogens (tertiary/aromatic N) is 3. The van der Waals surface area contributed by atoms with Crippen LogP contribution in [-0.4, -0.2) is 55.8 Å². The maximum Gasteiger partial charge on any atom is 0.409 e. The van der Waals surface area contributed by atoms with E-state index in [0.717, 1.165) is 16.1 Å². The van der Waals surface area contributed by atoms with Gasteiger partial charge in [-0.1, -0.05) is 24.9 Å². The first kappa shape index (κ1) is 29.7. The fourth-order valence-electron chi connectivity index (χ4n) is 4.60. The van der Waals surface area contributed by atoms with Crippen LogP contribution in [0.1, 0.15) is 64.6 Å². The highest BCUT2D eigenvalue weighted by molar-refractivity contribution is 7.92. The van der Waals surface area contributed by atoms with Gasteiger partial charge in [0.1, 0.15) is 17.2 Å². The molecule has 2 atom stereocenters. The molecule has 1 aromatic heterocycles. The van der Waals surface area contributed by atoms with Gasteiger partial charge in [-0.15, -0.1) is 0 Å². The maximum absolute atomic E-state index is 13.9. The van der Waals surface area contributed by atoms with E-state index in [1.54, 1.807) is 30.5 Å². The topological polar surface area (TPSA) is 110 Å². The van der Waals surface area contributed by atoms with Crippen molar-refractivity contribution in [2.24, 2.45) is 0 Å². The summed E-state index contributed by atoms with van der Waals surface area (Å²) in [4.78, 5) is 16.1. The molecule has 208 valence electrons. The summed E-state index contributed by atoms with van der Waals surface area (Å²) in [5, 5.41) is 9.27. The number of ether oxygens (including phenoxy) is 2. The van der Waals surface area contributed by atoms with Crippen LogP contribution in [0.3, 0.4) is 0 Å². The minimum atomic E-state index is -3.62. The summed E-state index contributed by atoms with van der Waals surface area (Å²) in [6, 6.07) is 6.02. The molecule has 1 aliphatic heterocycles. The molecule has 0 aliphatic carbocycles. The molecule has 0 saturated carbocycles. The molecule has 0 spiro atoms. The predicted molar refractivity (Wildman–Crippen MR) is 143 cm³/mol. The van der Waals surface area contributed by atoms with E-state index < -0.39 is 34.0 Å². The van der Waals surface area contributed by atoms with Crippen LogP contribution in [0, 0.1) is 5.82 Å². The monoisotopic (exact) mass is 550 g/mol. The van der Waals surface area contributed by atoms with E-state index >= 15 is 0 Å². The standard InChI is InChI=1S/C27H36FN3O6S/c1-8-31-25(18-9-11-19(28)12-10-18)22(24(17(2)3)29-26(31)30(6)38(7,34)35)14-13-20-15-21(16-23(32)33)37-27(4,5)36-20/h9-14,17,20-21H,8,15-16H2,1-7H3/p+1/b14-13+/t20-,21-/m1/s1. The second kappa shape index (κ2) is 11.5. The maximum atomic E-state index is 13.9. The molecule has 11 heteroatoms. The highest BCUT2D eigenvalue weighted by Gasteiger charge is 2.36. The van der Waals surface area contributed by atoms with E-state index in [1.807, 2.05) is 32.9 Å². The van der Waals surface area contributed by atoms with Crippen molar-refractivity contribution in [2.75, 3.05) is 17.6 Å². The van der Waals surface area contributed by atoms with Gasteiger partial charge in [0.25, 0.3) is 10.0 Å². The number of hydrogen-bond donors (Lipinski definition) is 1. The number of aromatic nitrogens is 2. The molecule has 2 aromatic rings. The molecule has 9 nitrogen and oxygen atoms in total.